The summed E-state index contributed by atoms with van der Waals surface area (Å²) >= 11 is 0. The highest BCUT2D eigenvalue weighted by atomic mass is 16.2. The molecule has 1 unspecified atom stereocenters. The van der Waals surface area contributed by atoms with Crippen LogP contribution in [-0.4, -0.2) is 38.1 Å². The second kappa shape index (κ2) is 9.47. The number of benzene rings is 1. The van der Waals surface area contributed by atoms with Gasteiger partial charge in [-0.2, -0.15) is 5.10 Å². The van der Waals surface area contributed by atoms with E-state index in [9.17, 15) is 9.59 Å². The van der Waals surface area contributed by atoms with E-state index >= 15 is 0 Å². The van der Waals surface area contributed by atoms with Gasteiger partial charge in [-0.3, -0.25) is 14.3 Å². The van der Waals surface area contributed by atoms with E-state index in [1.165, 1.54) is 19.3 Å². The Morgan fingerprint density at radius 2 is 1.78 bits per heavy atom. The lowest BCUT2D eigenvalue weighted by atomic mass is 9.91. The van der Waals surface area contributed by atoms with Gasteiger partial charge in [0.05, 0.1) is 12.2 Å². The molecule has 2 aromatic rings. The first-order chi connectivity index (χ1) is 15.4. The van der Waals surface area contributed by atoms with Gasteiger partial charge in [0.2, 0.25) is 5.91 Å². The fourth-order valence-corrected chi connectivity index (χ4v) is 4.90. The van der Waals surface area contributed by atoms with Gasteiger partial charge >= 0.3 is 0 Å². The van der Waals surface area contributed by atoms with Crippen molar-refractivity contribution in [3.63, 3.8) is 0 Å². The summed E-state index contributed by atoms with van der Waals surface area (Å²) in [5.74, 6) is 0.0212. The molecule has 1 aromatic heterocycles. The van der Waals surface area contributed by atoms with Crippen LogP contribution in [0.2, 0.25) is 0 Å². The summed E-state index contributed by atoms with van der Waals surface area (Å²) in [5, 5.41) is 8.00. The van der Waals surface area contributed by atoms with Gasteiger partial charge in [-0.1, -0.05) is 76.3 Å². The van der Waals surface area contributed by atoms with Gasteiger partial charge in [-0.15, -0.1) is 0 Å². The molecule has 1 aliphatic heterocycles. The Morgan fingerprint density at radius 1 is 1.12 bits per heavy atom. The number of hydrogen-bond donors (Lipinski definition) is 1. The highest BCUT2D eigenvalue weighted by Crippen LogP contribution is 2.31. The molecule has 1 fully saturated rings. The van der Waals surface area contributed by atoms with E-state index in [1.807, 2.05) is 43.3 Å². The van der Waals surface area contributed by atoms with Crippen molar-refractivity contribution in [3.05, 3.63) is 53.3 Å². The van der Waals surface area contributed by atoms with E-state index < -0.39 is 5.54 Å². The molecule has 1 atom stereocenters. The molecule has 32 heavy (non-hydrogen) atoms. The molecule has 1 N–H and O–H groups in total. The molecule has 4 rings (SSSR count). The van der Waals surface area contributed by atoms with Crippen LogP contribution < -0.4 is 5.32 Å². The third kappa shape index (κ3) is 4.59. The maximum absolute atomic E-state index is 13.7. The predicted molar refractivity (Wildman–Crippen MR) is 125 cm³/mol. The van der Waals surface area contributed by atoms with Crippen LogP contribution >= 0.6 is 0 Å². The van der Waals surface area contributed by atoms with Crippen LogP contribution in [-0.2, 0) is 17.9 Å². The van der Waals surface area contributed by atoms with Crippen molar-refractivity contribution in [1.82, 2.24) is 20.0 Å². The van der Waals surface area contributed by atoms with E-state index in [0.717, 1.165) is 36.9 Å². The molecule has 0 bridgehead atoms. The van der Waals surface area contributed by atoms with Gasteiger partial charge in [0, 0.05) is 12.6 Å². The summed E-state index contributed by atoms with van der Waals surface area (Å²) in [5.41, 5.74) is 1.48. The standard InChI is InChI=1S/C26H36N4O2/c1-19(2)22-16-23-24(31)29(17-20-12-8-7-9-13-20)26(3,18-30(23)28-22)25(32)27-21-14-10-5-4-6-11-15-21/h7-9,12-13,16,19,21H,4-6,10-11,14-15,17-18H2,1-3H3,(H,27,32). The van der Waals surface area contributed by atoms with Crippen molar-refractivity contribution in [2.75, 3.05) is 0 Å². The third-order valence-corrected chi connectivity index (χ3v) is 7.02. The first kappa shape index (κ1) is 22.6. The van der Waals surface area contributed by atoms with Gasteiger partial charge in [-0.25, -0.2) is 0 Å². The molecule has 1 aromatic carbocycles. The lowest BCUT2D eigenvalue weighted by Gasteiger charge is -2.44. The number of nitrogens with one attached hydrogen (secondary N) is 1. The molecule has 1 aliphatic carbocycles. The Kier molecular flexibility index (Phi) is 6.68. The molecule has 0 spiro atoms. The van der Waals surface area contributed by atoms with Crippen molar-refractivity contribution >= 4 is 11.8 Å². The Labute approximate surface area is 191 Å². The second-order valence-electron chi connectivity index (χ2n) is 9.93. The van der Waals surface area contributed by atoms with Gasteiger partial charge < -0.3 is 10.2 Å². The van der Waals surface area contributed by atoms with Crippen LogP contribution in [0, 0.1) is 0 Å². The largest absolute Gasteiger partial charge is 0.351 e. The molecular formula is C26H36N4O2. The fraction of sp³-hybridized carbons (Fsp3) is 0.577. The molecule has 1 saturated carbocycles. The van der Waals surface area contributed by atoms with E-state index in [2.05, 4.69) is 24.3 Å². The van der Waals surface area contributed by atoms with Crippen molar-refractivity contribution < 1.29 is 9.59 Å². The zero-order valence-electron chi connectivity index (χ0n) is 19.6. The number of carbonyl (C=O) groups excluding carboxylic acids is 2. The van der Waals surface area contributed by atoms with Crippen LogP contribution in [0.5, 0.6) is 0 Å². The van der Waals surface area contributed by atoms with Crippen molar-refractivity contribution in [1.29, 1.82) is 0 Å². The fourth-order valence-electron chi connectivity index (χ4n) is 4.90. The molecule has 2 amide bonds. The number of rotatable bonds is 5. The summed E-state index contributed by atoms with van der Waals surface area (Å²) in [6.07, 6.45) is 8.08. The van der Waals surface area contributed by atoms with Crippen molar-refractivity contribution in [2.45, 2.75) is 96.3 Å². The van der Waals surface area contributed by atoms with Gasteiger partial charge in [0.25, 0.3) is 5.91 Å². The van der Waals surface area contributed by atoms with E-state index in [1.54, 1.807) is 9.58 Å². The maximum atomic E-state index is 13.7. The number of nitrogens with zero attached hydrogens (tertiary/aromatic N) is 3. The summed E-state index contributed by atoms with van der Waals surface area (Å²) in [6, 6.07) is 12.0. The Balaban J connectivity index is 1.64. The SMILES string of the molecule is CC(C)c1cc2n(n1)CC(C)(C(=O)NC1CCCCCCC1)N(Cc1ccccc1)C2=O. The van der Waals surface area contributed by atoms with E-state index in [4.69, 9.17) is 0 Å². The first-order valence-electron chi connectivity index (χ1n) is 12.1. The maximum Gasteiger partial charge on any atom is 0.273 e. The minimum absolute atomic E-state index is 0.0698. The molecular weight excluding hydrogens is 400 g/mol. The zero-order valence-corrected chi connectivity index (χ0v) is 19.6. The van der Waals surface area contributed by atoms with E-state index in [0.29, 0.717) is 18.8 Å². The lowest BCUT2D eigenvalue weighted by Crippen LogP contribution is -2.64. The molecule has 6 heteroatoms. The molecule has 172 valence electrons. The average molecular weight is 437 g/mol. The average Bonchev–Trinajstić information content (AvgIpc) is 3.18. The highest BCUT2D eigenvalue weighted by molar-refractivity contribution is 5.99. The monoisotopic (exact) mass is 436 g/mol. The molecule has 0 radical (unpaired) electrons. The highest BCUT2D eigenvalue weighted by Gasteiger charge is 2.48. The van der Waals surface area contributed by atoms with Crippen molar-refractivity contribution in [3.8, 4) is 0 Å². The van der Waals surface area contributed by atoms with Crippen LogP contribution in [0.25, 0.3) is 0 Å². The minimum Gasteiger partial charge on any atom is -0.351 e. The minimum atomic E-state index is -0.997. The zero-order chi connectivity index (χ0) is 22.7. The second-order valence-corrected chi connectivity index (χ2v) is 9.93. The third-order valence-electron chi connectivity index (χ3n) is 7.02. The number of carbonyl (C=O) groups is 2. The number of fused-ring (bicyclic) bond motifs is 1. The Morgan fingerprint density at radius 3 is 2.44 bits per heavy atom. The number of aromatic nitrogens is 2. The summed E-state index contributed by atoms with van der Waals surface area (Å²) in [7, 11) is 0. The topological polar surface area (TPSA) is 67.2 Å². The number of hydrogen-bond acceptors (Lipinski definition) is 3. The summed E-state index contributed by atoms with van der Waals surface area (Å²) < 4.78 is 1.75. The van der Waals surface area contributed by atoms with E-state index in [-0.39, 0.29) is 23.8 Å². The van der Waals surface area contributed by atoms with Gasteiger partial charge in [-0.05, 0) is 37.3 Å². The predicted octanol–water partition coefficient (Wildman–Crippen LogP) is 4.65. The summed E-state index contributed by atoms with van der Waals surface area (Å²) in [6.45, 7) is 6.80. The van der Waals surface area contributed by atoms with Crippen LogP contribution in [0.1, 0.15) is 93.4 Å². The van der Waals surface area contributed by atoms with Gasteiger partial charge in [0.1, 0.15) is 11.2 Å². The van der Waals surface area contributed by atoms with Crippen LogP contribution in [0.3, 0.4) is 0 Å². The lowest BCUT2D eigenvalue weighted by molar-refractivity contribution is -0.134. The normalized spacial score (nSPS) is 22.4. The first-order valence-corrected chi connectivity index (χ1v) is 12.1. The Bertz CT molecular complexity index is 944. The Hall–Kier alpha value is -2.63. The quantitative estimate of drug-likeness (QED) is 0.742. The van der Waals surface area contributed by atoms with Crippen molar-refractivity contribution in [2.24, 2.45) is 0 Å². The molecule has 2 aliphatic rings. The summed E-state index contributed by atoms with van der Waals surface area (Å²) in [4.78, 5) is 29.1. The molecule has 2 heterocycles. The van der Waals surface area contributed by atoms with Crippen LogP contribution in [0.15, 0.2) is 36.4 Å². The van der Waals surface area contributed by atoms with Gasteiger partial charge in [0.15, 0.2) is 0 Å². The molecule has 6 nitrogen and oxygen atoms in total. The van der Waals surface area contributed by atoms with Crippen LogP contribution in [0.4, 0.5) is 0 Å². The molecule has 0 saturated heterocycles. The smallest absolute Gasteiger partial charge is 0.273 e. The number of amides is 2.